The van der Waals surface area contributed by atoms with E-state index in [9.17, 15) is 0 Å². The second-order valence-corrected chi connectivity index (χ2v) is 4.90. The van der Waals surface area contributed by atoms with Gasteiger partial charge in [0.2, 0.25) is 0 Å². The van der Waals surface area contributed by atoms with Crippen molar-refractivity contribution in [2.75, 3.05) is 12.8 Å². The van der Waals surface area contributed by atoms with E-state index in [1.165, 1.54) is 0 Å². The molecule has 0 unspecified atom stereocenters. The van der Waals surface area contributed by atoms with Crippen LogP contribution in [-0.2, 0) is 0 Å². The molecule has 0 amide bonds. The van der Waals surface area contributed by atoms with Gasteiger partial charge in [0, 0.05) is 12.2 Å². The fraction of sp³-hybridized carbons (Fsp3) is 0.286. The van der Waals surface area contributed by atoms with Crippen LogP contribution < -0.4 is 10.5 Å². The zero-order valence-electron chi connectivity index (χ0n) is 11.7. The number of methoxy groups -OCH3 is 1. The van der Waals surface area contributed by atoms with Crippen LogP contribution in [0.1, 0.15) is 19.9 Å². The van der Waals surface area contributed by atoms with Gasteiger partial charge < -0.3 is 15.0 Å². The minimum atomic E-state index is 0.290. The molecule has 0 aromatic carbocycles. The summed E-state index contributed by atoms with van der Waals surface area (Å²) in [5.41, 5.74) is 8.56. The van der Waals surface area contributed by atoms with Crippen molar-refractivity contribution >= 4 is 11.5 Å². The lowest BCUT2D eigenvalue weighted by molar-refractivity contribution is 0.417. The third kappa shape index (κ3) is 1.72. The maximum absolute atomic E-state index is 6.23. The molecule has 2 N–H and O–H groups in total. The third-order valence-electron chi connectivity index (χ3n) is 3.34. The molecule has 6 nitrogen and oxygen atoms in total. The SMILES string of the molecule is COc1cccn2c(N)c(-c3cncn3C(C)C)nc12. The summed E-state index contributed by atoms with van der Waals surface area (Å²) in [5, 5.41) is 0. The first kappa shape index (κ1) is 12.5. The zero-order chi connectivity index (χ0) is 14.3. The van der Waals surface area contributed by atoms with Gasteiger partial charge in [-0.05, 0) is 26.0 Å². The molecule has 0 aliphatic carbocycles. The van der Waals surface area contributed by atoms with Crippen molar-refractivity contribution in [1.29, 1.82) is 0 Å². The van der Waals surface area contributed by atoms with Crippen LogP contribution in [0, 0.1) is 0 Å². The molecule has 6 heteroatoms. The highest BCUT2D eigenvalue weighted by Gasteiger charge is 2.18. The Bertz CT molecular complexity index is 756. The van der Waals surface area contributed by atoms with Crippen molar-refractivity contribution in [3.63, 3.8) is 0 Å². The summed E-state index contributed by atoms with van der Waals surface area (Å²) in [7, 11) is 1.62. The highest BCUT2D eigenvalue weighted by Crippen LogP contribution is 2.31. The molecule has 3 rings (SSSR count). The maximum Gasteiger partial charge on any atom is 0.181 e. The van der Waals surface area contributed by atoms with E-state index in [0.717, 1.165) is 11.4 Å². The number of fused-ring (bicyclic) bond motifs is 1. The predicted octanol–water partition coefficient (Wildman–Crippen LogP) is 2.37. The molecule has 3 aromatic rings. The van der Waals surface area contributed by atoms with Gasteiger partial charge in [-0.2, -0.15) is 0 Å². The van der Waals surface area contributed by atoms with Crippen LogP contribution in [0.4, 0.5) is 5.82 Å². The number of rotatable bonds is 3. The highest BCUT2D eigenvalue weighted by molar-refractivity contribution is 5.75. The number of nitrogen functional groups attached to an aromatic ring is 1. The summed E-state index contributed by atoms with van der Waals surface area (Å²) in [5.74, 6) is 1.28. The number of nitrogens with two attached hydrogens (primary N) is 1. The second kappa shape index (κ2) is 4.56. The average molecular weight is 271 g/mol. The Morgan fingerprint density at radius 3 is 2.85 bits per heavy atom. The monoisotopic (exact) mass is 271 g/mol. The lowest BCUT2D eigenvalue weighted by Crippen LogP contribution is -2.02. The fourth-order valence-electron chi connectivity index (χ4n) is 2.31. The van der Waals surface area contributed by atoms with Crippen molar-refractivity contribution in [2.45, 2.75) is 19.9 Å². The standard InChI is InChI=1S/C14H17N5O/c1-9(2)19-8-16-7-10(19)12-13(15)18-6-4-5-11(20-3)14(18)17-12/h4-9H,15H2,1-3H3. The van der Waals surface area contributed by atoms with Gasteiger partial charge in [0.25, 0.3) is 0 Å². The van der Waals surface area contributed by atoms with Gasteiger partial charge in [0.1, 0.15) is 11.5 Å². The fourth-order valence-corrected chi connectivity index (χ4v) is 2.31. The van der Waals surface area contributed by atoms with E-state index >= 15 is 0 Å². The van der Waals surface area contributed by atoms with Crippen molar-refractivity contribution in [1.82, 2.24) is 18.9 Å². The number of hydrogen-bond acceptors (Lipinski definition) is 4. The minimum Gasteiger partial charge on any atom is -0.493 e. The van der Waals surface area contributed by atoms with Crippen LogP contribution >= 0.6 is 0 Å². The molecule has 3 aromatic heterocycles. The zero-order valence-corrected chi connectivity index (χ0v) is 11.7. The van der Waals surface area contributed by atoms with E-state index in [-0.39, 0.29) is 0 Å². The van der Waals surface area contributed by atoms with E-state index in [1.807, 2.05) is 27.3 Å². The van der Waals surface area contributed by atoms with Crippen LogP contribution in [-0.4, -0.2) is 26.0 Å². The van der Waals surface area contributed by atoms with Crippen LogP contribution in [0.25, 0.3) is 17.0 Å². The Balaban J connectivity index is 2.27. The Labute approximate surface area is 116 Å². The first-order chi connectivity index (χ1) is 9.63. The van der Waals surface area contributed by atoms with Crippen LogP contribution in [0.5, 0.6) is 5.75 Å². The van der Waals surface area contributed by atoms with Gasteiger partial charge >= 0.3 is 0 Å². The predicted molar refractivity (Wildman–Crippen MR) is 77.8 cm³/mol. The van der Waals surface area contributed by atoms with Gasteiger partial charge in [0.05, 0.1) is 25.3 Å². The van der Waals surface area contributed by atoms with Gasteiger partial charge in [-0.3, -0.25) is 4.40 Å². The second-order valence-electron chi connectivity index (χ2n) is 4.90. The van der Waals surface area contributed by atoms with Gasteiger partial charge in [0.15, 0.2) is 11.4 Å². The topological polar surface area (TPSA) is 70.4 Å². The van der Waals surface area contributed by atoms with E-state index in [0.29, 0.717) is 23.3 Å². The van der Waals surface area contributed by atoms with E-state index in [2.05, 4.69) is 23.8 Å². The summed E-state index contributed by atoms with van der Waals surface area (Å²) in [6.07, 6.45) is 5.45. The van der Waals surface area contributed by atoms with Crippen LogP contribution in [0.2, 0.25) is 0 Å². The Morgan fingerprint density at radius 2 is 2.15 bits per heavy atom. The summed E-state index contributed by atoms with van der Waals surface area (Å²) in [4.78, 5) is 8.82. The quantitative estimate of drug-likeness (QED) is 0.794. The maximum atomic E-state index is 6.23. The summed E-state index contributed by atoms with van der Waals surface area (Å²) in [6, 6.07) is 4.04. The third-order valence-corrected chi connectivity index (χ3v) is 3.34. The number of imidazole rings is 2. The molecule has 0 spiro atoms. The Hall–Kier alpha value is -2.50. The number of aromatic nitrogens is 4. The molecule has 0 fully saturated rings. The number of ether oxygens (including phenoxy) is 1. The molecule has 0 saturated carbocycles. The summed E-state index contributed by atoms with van der Waals surface area (Å²) in [6.45, 7) is 4.19. The smallest absolute Gasteiger partial charge is 0.181 e. The first-order valence-corrected chi connectivity index (χ1v) is 6.46. The molecular weight excluding hydrogens is 254 g/mol. The number of hydrogen-bond donors (Lipinski definition) is 1. The molecule has 20 heavy (non-hydrogen) atoms. The molecular formula is C14H17N5O. The highest BCUT2D eigenvalue weighted by atomic mass is 16.5. The lowest BCUT2D eigenvalue weighted by Gasteiger charge is -2.10. The van der Waals surface area contributed by atoms with Crippen LogP contribution in [0.15, 0.2) is 30.9 Å². The van der Waals surface area contributed by atoms with E-state index in [1.54, 1.807) is 19.6 Å². The largest absolute Gasteiger partial charge is 0.493 e. The molecule has 0 atom stereocenters. The van der Waals surface area contributed by atoms with Crippen molar-refractivity contribution in [3.05, 3.63) is 30.9 Å². The van der Waals surface area contributed by atoms with E-state index in [4.69, 9.17) is 10.5 Å². The molecule has 3 heterocycles. The van der Waals surface area contributed by atoms with Crippen molar-refractivity contribution < 1.29 is 4.74 Å². The van der Waals surface area contributed by atoms with Crippen molar-refractivity contribution in [2.24, 2.45) is 0 Å². The molecule has 0 radical (unpaired) electrons. The molecule has 0 aliphatic rings. The van der Waals surface area contributed by atoms with Crippen molar-refractivity contribution in [3.8, 4) is 17.1 Å². The first-order valence-electron chi connectivity index (χ1n) is 6.46. The summed E-state index contributed by atoms with van der Waals surface area (Å²) >= 11 is 0. The molecule has 0 aliphatic heterocycles. The molecule has 104 valence electrons. The minimum absolute atomic E-state index is 0.290. The Morgan fingerprint density at radius 1 is 1.35 bits per heavy atom. The lowest BCUT2D eigenvalue weighted by atomic mass is 10.3. The number of nitrogens with zero attached hydrogens (tertiary/aromatic N) is 4. The van der Waals surface area contributed by atoms with Gasteiger partial charge in [-0.25, -0.2) is 9.97 Å². The molecule has 0 saturated heterocycles. The number of pyridine rings is 1. The Kier molecular flexibility index (Phi) is 2.85. The molecule has 0 bridgehead atoms. The van der Waals surface area contributed by atoms with Crippen LogP contribution in [0.3, 0.4) is 0 Å². The van der Waals surface area contributed by atoms with Gasteiger partial charge in [-0.15, -0.1) is 0 Å². The summed E-state index contributed by atoms with van der Waals surface area (Å²) < 4.78 is 9.20. The number of anilines is 1. The normalized spacial score (nSPS) is 11.4. The average Bonchev–Trinajstić information content (AvgIpc) is 3.03. The van der Waals surface area contributed by atoms with Gasteiger partial charge in [-0.1, -0.05) is 0 Å². The van der Waals surface area contributed by atoms with E-state index < -0.39 is 0 Å².